The minimum atomic E-state index is -0.298. The standard InChI is InChI=1S/C21H16O3S/c22-12-6-7-15(14-23)13-18-20(24)17-10-4-5-11-19(17)25-21(18)16-8-2-1-3-9-16/h1-5,8-11,13,22-23H,12,14H2/b15-13+. The van der Waals surface area contributed by atoms with E-state index in [0.29, 0.717) is 16.5 Å². The van der Waals surface area contributed by atoms with Crippen molar-refractivity contribution in [2.24, 2.45) is 0 Å². The number of aliphatic hydroxyl groups excluding tert-OH is 2. The fourth-order valence-corrected chi connectivity index (χ4v) is 3.69. The van der Waals surface area contributed by atoms with Crippen LogP contribution < -0.4 is 5.43 Å². The fourth-order valence-electron chi connectivity index (χ4n) is 2.54. The van der Waals surface area contributed by atoms with Crippen molar-refractivity contribution in [1.82, 2.24) is 0 Å². The molecule has 0 aliphatic carbocycles. The van der Waals surface area contributed by atoms with E-state index in [2.05, 4.69) is 11.8 Å². The molecular formula is C21H16O3S. The summed E-state index contributed by atoms with van der Waals surface area (Å²) >= 11 is 1.53. The highest BCUT2D eigenvalue weighted by atomic mass is 32.1. The molecule has 0 atom stereocenters. The van der Waals surface area contributed by atoms with Crippen molar-refractivity contribution < 1.29 is 10.2 Å². The molecule has 2 aromatic carbocycles. The second-order valence-electron chi connectivity index (χ2n) is 5.32. The Morgan fingerprint density at radius 3 is 2.48 bits per heavy atom. The first kappa shape index (κ1) is 17.1. The molecule has 25 heavy (non-hydrogen) atoms. The van der Waals surface area contributed by atoms with Gasteiger partial charge in [0.2, 0.25) is 0 Å². The molecule has 0 fully saturated rings. The molecule has 1 heterocycles. The van der Waals surface area contributed by atoms with Crippen LogP contribution in [0.25, 0.3) is 26.6 Å². The highest BCUT2D eigenvalue weighted by Crippen LogP contribution is 2.32. The van der Waals surface area contributed by atoms with Crippen LogP contribution in [0.4, 0.5) is 0 Å². The second kappa shape index (κ2) is 7.91. The van der Waals surface area contributed by atoms with Crippen LogP contribution in [0.5, 0.6) is 0 Å². The molecule has 4 heteroatoms. The van der Waals surface area contributed by atoms with Crippen molar-refractivity contribution in [1.29, 1.82) is 0 Å². The van der Waals surface area contributed by atoms with Gasteiger partial charge in [0.05, 0.1) is 6.61 Å². The molecule has 0 amide bonds. The Bertz CT molecular complexity index is 1040. The Labute approximate surface area is 149 Å². The van der Waals surface area contributed by atoms with Gasteiger partial charge in [0.1, 0.15) is 6.61 Å². The predicted octanol–water partition coefficient (Wildman–Crippen LogP) is 3.30. The third-order valence-corrected chi connectivity index (χ3v) is 4.92. The second-order valence-corrected chi connectivity index (χ2v) is 6.38. The van der Waals surface area contributed by atoms with Gasteiger partial charge in [-0.3, -0.25) is 4.79 Å². The van der Waals surface area contributed by atoms with E-state index in [4.69, 9.17) is 5.11 Å². The van der Waals surface area contributed by atoms with Crippen molar-refractivity contribution in [3.05, 3.63) is 76.0 Å². The number of benzene rings is 2. The molecule has 3 rings (SSSR count). The van der Waals surface area contributed by atoms with Crippen LogP contribution in [-0.2, 0) is 0 Å². The highest BCUT2D eigenvalue weighted by molar-refractivity contribution is 7.21. The van der Waals surface area contributed by atoms with E-state index in [-0.39, 0.29) is 18.6 Å². The summed E-state index contributed by atoms with van der Waals surface area (Å²) in [6, 6.07) is 17.2. The molecule has 0 radical (unpaired) electrons. The summed E-state index contributed by atoms with van der Waals surface area (Å²) in [5.41, 5.74) is 1.75. The molecule has 124 valence electrons. The summed E-state index contributed by atoms with van der Waals surface area (Å²) in [5.74, 6) is 5.21. The zero-order valence-corrected chi connectivity index (χ0v) is 14.2. The largest absolute Gasteiger partial charge is 0.391 e. The van der Waals surface area contributed by atoms with Crippen LogP contribution in [-0.4, -0.2) is 23.4 Å². The monoisotopic (exact) mass is 348 g/mol. The van der Waals surface area contributed by atoms with Gasteiger partial charge >= 0.3 is 0 Å². The van der Waals surface area contributed by atoms with Gasteiger partial charge in [0.25, 0.3) is 0 Å². The van der Waals surface area contributed by atoms with Gasteiger partial charge in [0.15, 0.2) is 5.43 Å². The van der Waals surface area contributed by atoms with E-state index in [1.807, 2.05) is 48.5 Å². The average Bonchev–Trinajstić information content (AvgIpc) is 2.67. The van der Waals surface area contributed by atoms with Crippen molar-refractivity contribution in [2.45, 2.75) is 0 Å². The third-order valence-electron chi connectivity index (χ3n) is 3.69. The predicted molar refractivity (Wildman–Crippen MR) is 103 cm³/mol. The Balaban J connectivity index is 2.33. The number of hydrogen-bond donors (Lipinski definition) is 2. The highest BCUT2D eigenvalue weighted by Gasteiger charge is 2.13. The maximum Gasteiger partial charge on any atom is 0.195 e. The van der Waals surface area contributed by atoms with Crippen LogP contribution in [0.2, 0.25) is 0 Å². The van der Waals surface area contributed by atoms with Gasteiger partial charge in [0, 0.05) is 26.1 Å². The first-order valence-corrected chi connectivity index (χ1v) is 8.58. The molecule has 0 spiro atoms. The first-order chi connectivity index (χ1) is 12.2. The SMILES string of the molecule is O=c1c(/C=C(\C#CCO)CO)c(-c2ccccc2)sc2ccccc12. The van der Waals surface area contributed by atoms with Gasteiger partial charge in [-0.25, -0.2) is 0 Å². The summed E-state index contributed by atoms with van der Waals surface area (Å²) < 4.78 is 0.912. The van der Waals surface area contributed by atoms with Gasteiger partial charge in [-0.1, -0.05) is 54.3 Å². The third kappa shape index (κ3) is 3.70. The number of rotatable bonds is 3. The molecule has 3 nitrogen and oxygen atoms in total. The van der Waals surface area contributed by atoms with E-state index < -0.39 is 0 Å². The minimum Gasteiger partial charge on any atom is -0.391 e. The van der Waals surface area contributed by atoms with E-state index in [1.54, 1.807) is 12.1 Å². The van der Waals surface area contributed by atoms with Gasteiger partial charge < -0.3 is 10.2 Å². The van der Waals surface area contributed by atoms with E-state index in [0.717, 1.165) is 15.1 Å². The summed E-state index contributed by atoms with van der Waals surface area (Å²) in [5, 5.41) is 19.0. The molecular weight excluding hydrogens is 332 g/mol. The summed E-state index contributed by atoms with van der Waals surface area (Å²) in [6.07, 6.45) is 1.62. The van der Waals surface area contributed by atoms with Crippen LogP contribution in [0.1, 0.15) is 5.56 Å². The van der Waals surface area contributed by atoms with E-state index in [9.17, 15) is 9.90 Å². The van der Waals surface area contributed by atoms with Crippen molar-refractivity contribution in [3.8, 4) is 22.3 Å². The lowest BCUT2D eigenvalue weighted by Crippen LogP contribution is -2.07. The molecule has 0 unspecified atom stereocenters. The zero-order valence-electron chi connectivity index (χ0n) is 13.4. The van der Waals surface area contributed by atoms with Crippen LogP contribution in [0.15, 0.2) is 65.0 Å². The molecule has 0 aliphatic heterocycles. The summed E-state index contributed by atoms with van der Waals surface area (Å²) in [7, 11) is 0. The molecule has 0 bridgehead atoms. The number of aliphatic hydroxyl groups is 2. The molecule has 0 saturated heterocycles. The molecule has 3 aromatic rings. The van der Waals surface area contributed by atoms with Crippen molar-refractivity contribution in [2.75, 3.05) is 13.2 Å². The topological polar surface area (TPSA) is 57.5 Å². The van der Waals surface area contributed by atoms with Crippen LogP contribution in [0, 0.1) is 11.8 Å². The van der Waals surface area contributed by atoms with Gasteiger partial charge in [-0.05, 0) is 23.8 Å². The Kier molecular flexibility index (Phi) is 5.42. The maximum atomic E-state index is 13.0. The number of hydrogen-bond acceptors (Lipinski definition) is 4. The molecule has 2 N–H and O–H groups in total. The Morgan fingerprint density at radius 2 is 1.76 bits per heavy atom. The Hall–Kier alpha value is -2.71. The van der Waals surface area contributed by atoms with Crippen LogP contribution >= 0.6 is 11.3 Å². The lowest BCUT2D eigenvalue weighted by molar-refractivity contribution is 0.336. The first-order valence-electron chi connectivity index (χ1n) is 7.77. The summed E-state index contributed by atoms with van der Waals surface area (Å²) in [6.45, 7) is -0.592. The maximum absolute atomic E-state index is 13.0. The van der Waals surface area contributed by atoms with Crippen molar-refractivity contribution in [3.63, 3.8) is 0 Å². The van der Waals surface area contributed by atoms with Gasteiger partial charge in [-0.2, -0.15) is 0 Å². The smallest absolute Gasteiger partial charge is 0.195 e. The lowest BCUT2D eigenvalue weighted by atomic mass is 10.0. The zero-order chi connectivity index (χ0) is 17.6. The van der Waals surface area contributed by atoms with E-state index in [1.165, 1.54) is 11.3 Å². The average molecular weight is 348 g/mol. The van der Waals surface area contributed by atoms with E-state index >= 15 is 0 Å². The molecule has 1 aromatic heterocycles. The number of fused-ring (bicyclic) bond motifs is 1. The Morgan fingerprint density at radius 1 is 1.04 bits per heavy atom. The quantitative estimate of drug-likeness (QED) is 0.714. The fraction of sp³-hybridized carbons (Fsp3) is 0.0952. The normalized spacial score (nSPS) is 11.2. The lowest BCUT2D eigenvalue weighted by Gasteiger charge is -2.08. The molecule has 0 saturated carbocycles. The minimum absolute atomic E-state index is 0.0926. The summed E-state index contributed by atoms with van der Waals surface area (Å²) in [4.78, 5) is 13.9. The molecule has 0 aliphatic rings. The van der Waals surface area contributed by atoms with Gasteiger partial charge in [-0.15, -0.1) is 11.3 Å². The van der Waals surface area contributed by atoms with Crippen LogP contribution in [0.3, 0.4) is 0 Å². The van der Waals surface area contributed by atoms with Crippen molar-refractivity contribution >= 4 is 27.5 Å².